The maximum absolute atomic E-state index is 8.42. The molecule has 1 aromatic carbocycles. The molecule has 0 radical (unpaired) electrons. The van der Waals surface area contributed by atoms with Gasteiger partial charge in [-0.1, -0.05) is 47.2 Å². The van der Waals surface area contributed by atoms with Crippen LogP contribution in [0.2, 0.25) is 0 Å². The lowest BCUT2D eigenvalue weighted by Gasteiger charge is -2.00. The summed E-state index contributed by atoms with van der Waals surface area (Å²) in [4.78, 5) is 8.37. The van der Waals surface area contributed by atoms with Gasteiger partial charge in [0.15, 0.2) is 5.16 Å². The zero-order valence-corrected chi connectivity index (χ0v) is 9.84. The molecule has 5 heteroatoms. The summed E-state index contributed by atoms with van der Waals surface area (Å²) in [7, 11) is 0. The summed E-state index contributed by atoms with van der Waals surface area (Å²) in [6, 6.07) is 11.8. The van der Waals surface area contributed by atoms with E-state index in [0.29, 0.717) is 10.9 Å². The van der Waals surface area contributed by atoms with Crippen molar-refractivity contribution in [3.05, 3.63) is 53.9 Å². The molecule has 0 unspecified atom stereocenters. The second-order valence-corrected chi connectivity index (χ2v) is 4.23. The lowest BCUT2D eigenvalue weighted by Crippen LogP contribution is -1.92. The summed E-state index contributed by atoms with van der Waals surface area (Å²) < 4.78 is 0. The molecule has 1 aromatic heterocycles. The number of benzene rings is 1. The Balaban J connectivity index is 2.02. The Morgan fingerprint density at radius 1 is 1.24 bits per heavy atom. The molecule has 4 nitrogen and oxygen atoms in total. The third kappa shape index (κ3) is 3.57. The van der Waals surface area contributed by atoms with E-state index in [0.717, 1.165) is 5.75 Å². The zero-order chi connectivity index (χ0) is 11.9. The number of rotatable bonds is 4. The predicted molar refractivity (Wildman–Crippen MR) is 67.4 cm³/mol. The van der Waals surface area contributed by atoms with Gasteiger partial charge in [0.2, 0.25) is 0 Å². The van der Waals surface area contributed by atoms with Crippen molar-refractivity contribution < 1.29 is 5.21 Å². The van der Waals surface area contributed by atoms with Crippen LogP contribution < -0.4 is 0 Å². The van der Waals surface area contributed by atoms with Crippen LogP contribution in [0.1, 0.15) is 11.3 Å². The minimum atomic E-state index is 0.595. The average molecular weight is 245 g/mol. The van der Waals surface area contributed by atoms with Crippen molar-refractivity contribution in [2.24, 2.45) is 5.16 Å². The largest absolute Gasteiger partial charge is 0.411 e. The van der Waals surface area contributed by atoms with Gasteiger partial charge in [0.25, 0.3) is 0 Å². The molecule has 0 fully saturated rings. The molecular formula is C12H11N3OS. The second kappa shape index (κ2) is 6.00. The van der Waals surface area contributed by atoms with Crippen molar-refractivity contribution in [1.82, 2.24) is 9.97 Å². The summed E-state index contributed by atoms with van der Waals surface area (Å²) in [5.74, 6) is 0.820. The monoisotopic (exact) mass is 245 g/mol. The van der Waals surface area contributed by atoms with Crippen LogP contribution in [0.5, 0.6) is 0 Å². The van der Waals surface area contributed by atoms with Gasteiger partial charge in [-0.2, -0.15) is 0 Å². The number of oxime groups is 1. The molecule has 0 aliphatic carbocycles. The van der Waals surface area contributed by atoms with Crippen LogP contribution in [0.3, 0.4) is 0 Å². The van der Waals surface area contributed by atoms with Gasteiger partial charge in [-0.3, -0.25) is 0 Å². The van der Waals surface area contributed by atoms with Gasteiger partial charge >= 0.3 is 0 Å². The van der Waals surface area contributed by atoms with E-state index in [1.54, 1.807) is 24.0 Å². The third-order valence-corrected chi connectivity index (χ3v) is 2.99. The lowest BCUT2D eigenvalue weighted by atomic mass is 10.2. The van der Waals surface area contributed by atoms with E-state index >= 15 is 0 Å². The minimum Gasteiger partial charge on any atom is -0.411 e. The molecule has 0 bridgehead atoms. The molecular weight excluding hydrogens is 234 g/mol. The molecule has 0 aliphatic heterocycles. The highest BCUT2D eigenvalue weighted by Crippen LogP contribution is 2.18. The Morgan fingerprint density at radius 3 is 2.82 bits per heavy atom. The van der Waals surface area contributed by atoms with E-state index in [4.69, 9.17) is 5.21 Å². The first-order valence-electron chi connectivity index (χ1n) is 5.05. The standard InChI is InChI=1S/C12H11N3OS/c16-14-8-11-6-7-13-12(15-11)17-9-10-4-2-1-3-5-10/h1-8,16H,9H2/b14-8-. The van der Waals surface area contributed by atoms with E-state index in [2.05, 4.69) is 27.3 Å². The summed E-state index contributed by atoms with van der Waals surface area (Å²) in [6.45, 7) is 0. The highest BCUT2D eigenvalue weighted by atomic mass is 32.2. The van der Waals surface area contributed by atoms with Crippen molar-refractivity contribution in [1.29, 1.82) is 0 Å². The Labute approximate surface area is 103 Å². The van der Waals surface area contributed by atoms with Crippen LogP contribution in [0.15, 0.2) is 52.9 Å². The number of thioether (sulfide) groups is 1. The van der Waals surface area contributed by atoms with Crippen LogP contribution in [0.4, 0.5) is 0 Å². The number of aromatic nitrogens is 2. The van der Waals surface area contributed by atoms with Crippen molar-refractivity contribution in [3.8, 4) is 0 Å². The Bertz CT molecular complexity index is 502. The van der Waals surface area contributed by atoms with Gasteiger partial charge in [-0.05, 0) is 11.6 Å². The maximum Gasteiger partial charge on any atom is 0.188 e. The van der Waals surface area contributed by atoms with Crippen molar-refractivity contribution in [2.45, 2.75) is 10.9 Å². The molecule has 17 heavy (non-hydrogen) atoms. The van der Waals surface area contributed by atoms with Gasteiger partial charge < -0.3 is 5.21 Å². The molecule has 1 N–H and O–H groups in total. The molecule has 2 rings (SSSR count). The fraction of sp³-hybridized carbons (Fsp3) is 0.0833. The SMILES string of the molecule is O/N=C\c1ccnc(SCc2ccccc2)n1. The van der Waals surface area contributed by atoms with Crippen molar-refractivity contribution >= 4 is 18.0 Å². The molecule has 1 heterocycles. The molecule has 0 spiro atoms. The number of hydrogen-bond donors (Lipinski definition) is 1. The van der Waals surface area contributed by atoms with Gasteiger partial charge in [0.05, 0.1) is 11.9 Å². The highest BCUT2D eigenvalue weighted by molar-refractivity contribution is 7.98. The smallest absolute Gasteiger partial charge is 0.188 e. The van der Waals surface area contributed by atoms with E-state index < -0.39 is 0 Å². The molecule has 0 saturated carbocycles. The average Bonchev–Trinajstić information content (AvgIpc) is 2.39. The zero-order valence-electron chi connectivity index (χ0n) is 9.02. The normalized spacial score (nSPS) is 10.8. The second-order valence-electron chi connectivity index (χ2n) is 3.28. The molecule has 0 atom stereocenters. The van der Waals surface area contributed by atoms with Crippen molar-refractivity contribution in [2.75, 3.05) is 0 Å². The van der Waals surface area contributed by atoms with E-state index in [-0.39, 0.29) is 0 Å². The first-order valence-corrected chi connectivity index (χ1v) is 6.04. The molecule has 0 saturated heterocycles. The Hall–Kier alpha value is -1.88. The highest BCUT2D eigenvalue weighted by Gasteiger charge is 1.99. The van der Waals surface area contributed by atoms with E-state index in [1.807, 2.05) is 18.2 Å². The van der Waals surface area contributed by atoms with E-state index in [1.165, 1.54) is 11.8 Å². The Kier molecular flexibility index (Phi) is 4.10. The first kappa shape index (κ1) is 11.6. The van der Waals surface area contributed by atoms with Crippen LogP contribution in [0.25, 0.3) is 0 Å². The summed E-state index contributed by atoms with van der Waals surface area (Å²) in [5.41, 5.74) is 1.82. The summed E-state index contributed by atoms with van der Waals surface area (Å²) >= 11 is 1.55. The fourth-order valence-electron chi connectivity index (χ4n) is 1.28. The topological polar surface area (TPSA) is 58.4 Å². The summed E-state index contributed by atoms with van der Waals surface area (Å²) in [6.07, 6.45) is 2.94. The van der Waals surface area contributed by atoms with Gasteiger partial charge in [0.1, 0.15) is 0 Å². The number of nitrogens with zero attached hydrogens (tertiary/aromatic N) is 3. The number of hydrogen-bond acceptors (Lipinski definition) is 5. The Morgan fingerprint density at radius 2 is 2.06 bits per heavy atom. The fourth-order valence-corrected chi connectivity index (χ4v) is 2.07. The molecule has 0 amide bonds. The van der Waals surface area contributed by atoms with E-state index in [9.17, 15) is 0 Å². The summed E-state index contributed by atoms with van der Waals surface area (Å²) in [5, 5.41) is 12.0. The molecule has 86 valence electrons. The quantitative estimate of drug-likeness (QED) is 0.296. The molecule has 0 aliphatic rings. The van der Waals surface area contributed by atoms with Gasteiger partial charge in [-0.25, -0.2) is 9.97 Å². The predicted octanol–water partition coefficient (Wildman–Crippen LogP) is 2.58. The lowest BCUT2D eigenvalue weighted by molar-refractivity contribution is 0.321. The molecule has 2 aromatic rings. The van der Waals surface area contributed by atoms with Crippen LogP contribution in [-0.4, -0.2) is 21.4 Å². The van der Waals surface area contributed by atoms with Crippen LogP contribution in [0, 0.1) is 0 Å². The third-order valence-electron chi connectivity index (χ3n) is 2.06. The minimum absolute atomic E-state index is 0.595. The van der Waals surface area contributed by atoms with Gasteiger partial charge in [0, 0.05) is 11.9 Å². The van der Waals surface area contributed by atoms with Gasteiger partial charge in [-0.15, -0.1) is 0 Å². The first-order chi connectivity index (χ1) is 8.38. The van der Waals surface area contributed by atoms with Crippen LogP contribution in [-0.2, 0) is 5.75 Å². The maximum atomic E-state index is 8.42. The van der Waals surface area contributed by atoms with Crippen molar-refractivity contribution in [3.63, 3.8) is 0 Å². The van der Waals surface area contributed by atoms with Crippen LogP contribution >= 0.6 is 11.8 Å².